The van der Waals surface area contributed by atoms with Gasteiger partial charge in [-0.3, -0.25) is 4.79 Å². The maximum absolute atomic E-state index is 11.6. The van der Waals surface area contributed by atoms with Gasteiger partial charge in [0, 0.05) is 18.8 Å². The molecule has 0 aliphatic rings. The molecule has 5 heteroatoms. The molecule has 0 aromatic carbocycles. The molecular weight excluding hydrogens is 234 g/mol. The molecule has 0 heterocycles. The van der Waals surface area contributed by atoms with E-state index in [4.69, 9.17) is 4.74 Å². The smallest absolute Gasteiger partial charge is 0.306 e. The van der Waals surface area contributed by atoms with Crippen LogP contribution in [0, 0.1) is 5.92 Å². The number of quaternary nitrogens is 1. The molecule has 0 aromatic rings. The van der Waals surface area contributed by atoms with Crippen LogP contribution < -0.4 is 5.11 Å². The van der Waals surface area contributed by atoms with Crippen molar-refractivity contribution in [3.63, 3.8) is 0 Å². The van der Waals surface area contributed by atoms with Gasteiger partial charge < -0.3 is 19.1 Å². The van der Waals surface area contributed by atoms with Crippen molar-refractivity contribution in [3.05, 3.63) is 0 Å². The maximum Gasteiger partial charge on any atom is 0.306 e. The standard InChI is InChI=1S/C13H25NO4/c1-10(2)6-7-13(17)18-11(8-12(15)16)9-14(3,4)5/h10-11H,6-9H2,1-5H3. The second kappa shape index (κ2) is 7.36. The van der Waals surface area contributed by atoms with Gasteiger partial charge in [-0.15, -0.1) is 0 Å². The molecule has 0 rings (SSSR count). The van der Waals surface area contributed by atoms with E-state index in [0.717, 1.165) is 6.42 Å². The van der Waals surface area contributed by atoms with Gasteiger partial charge in [-0.05, 0) is 12.3 Å². The lowest BCUT2D eigenvalue weighted by Gasteiger charge is -2.29. The zero-order chi connectivity index (χ0) is 14.3. The zero-order valence-corrected chi connectivity index (χ0v) is 12.1. The number of rotatable bonds is 8. The number of hydrogen-bond donors (Lipinski definition) is 0. The molecule has 5 nitrogen and oxygen atoms in total. The molecule has 0 radical (unpaired) electrons. The SMILES string of the molecule is CC(C)CCC(=O)OC(CC(=O)[O-])C[N+](C)(C)C. The maximum atomic E-state index is 11.6. The van der Waals surface area contributed by atoms with Gasteiger partial charge in [-0.25, -0.2) is 0 Å². The normalized spacial score (nSPS) is 13.4. The molecule has 0 aliphatic heterocycles. The topological polar surface area (TPSA) is 66.4 Å². The molecule has 0 saturated heterocycles. The second-order valence-electron chi connectivity index (χ2n) is 6.09. The van der Waals surface area contributed by atoms with Gasteiger partial charge in [-0.2, -0.15) is 0 Å². The Balaban J connectivity index is 4.31. The largest absolute Gasteiger partial charge is 0.550 e. The fourth-order valence-electron chi connectivity index (χ4n) is 1.59. The third kappa shape index (κ3) is 10.1. The van der Waals surface area contributed by atoms with Crippen LogP contribution in [0.5, 0.6) is 0 Å². The number of carboxylic acid groups (broad SMARTS) is 1. The zero-order valence-electron chi connectivity index (χ0n) is 12.1. The highest BCUT2D eigenvalue weighted by Gasteiger charge is 2.22. The number of nitrogens with zero attached hydrogens (tertiary/aromatic N) is 1. The summed E-state index contributed by atoms with van der Waals surface area (Å²) in [5, 5.41) is 10.6. The van der Waals surface area contributed by atoms with E-state index in [2.05, 4.69) is 0 Å². The molecule has 0 bridgehead atoms. The van der Waals surface area contributed by atoms with E-state index in [9.17, 15) is 14.7 Å². The summed E-state index contributed by atoms with van der Waals surface area (Å²) in [6, 6.07) is 0. The lowest BCUT2D eigenvalue weighted by atomic mass is 10.1. The third-order valence-electron chi connectivity index (χ3n) is 2.37. The number of likely N-dealkylation sites (N-methyl/N-ethyl adjacent to an activating group) is 1. The van der Waals surface area contributed by atoms with Crippen LogP contribution in [0.4, 0.5) is 0 Å². The number of carbonyl (C=O) groups excluding carboxylic acids is 2. The summed E-state index contributed by atoms with van der Waals surface area (Å²) >= 11 is 0. The van der Waals surface area contributed by atoms with Crippen LogP contribution in [0.3, 0.4) is 0 Å². The number of carbonyl (C=O) groups is 2. The van der Waals surface area contributed by atoms with Gasteiger partial charge in [0.2, 0.25) is 0 Å². The Labute approximate surface area is 109 Å². The summed E-state index contributed by atoms with van der Waals surface area (Å²) in [5.74, 6) is -1.09. The molecule has 0 N–H and O–H groups in total. The molecule has 0 aliphatic carbocycles. The minimum Gasteiger partial charge on any atom is -0.550 e. The molecule has 0 saturated carbocycles. The molecule has 1 unspecified atom stereocenters. The predicted molar refractivity (Wildman–Crippen MR) is 66.5 cm³/mol. The van der Waals surface area contributed by atoms with Crippen molar-refractivity contribution >= 4 is 11.9 Å². The van der Waals surface area contributed by atoms with Crippen LogP contribution in [-0.2, 0) is 14.3 Å². The highest BCUT2D eigenvalue weighted by Crippen LogP contribution is 2.09. The minimum atomic E-state index is -1.19. The summed E-state index contributed by atoms with van der Waals surface area (Å²) < 4.78 is 5.75. The van der Waals surface area contributed by atoms with Crippen molar-refractivity contribution in [1.29, 1.82) is 0 Å². The molecule has 106 valence electrons. The Kier molecular flexibility index (Phi) is 6.91. The van der Waals surface area contributed by atoms with Crippen molar-refractivity contribution in [2.75, 3.05) is 27.7 Å². The highest BCUT2D eigenvalue weighted by atomic mass is 16.5. The van der Waals surface area contributed by atoms with Crippen LogP contribution in [0.1, 0.15) is 33.1 Å². The minimum absolute atomic E-state index is 0.247. The summed E-state index contributed by atoms with van der Waals surface area (Å²) in [7, 11) is 5.76. The fraction of sp³-hybridized carbons (Fsp3) is 0.846. The van der Waals surface area contributed by atoms with Gasteiger partial charge in [-0.1, -0.05) is 13.8 Å². The average molecular weight is 259 g/mol. The van der Waals surface area contributed by atoms with Gasteiger partial charge in [0.25, 0.3) is 0 Å². The van der Waals surface area contributed by atoms with Gasteiger partial charge in [0.15, 0.2) is 6.10 Å². The third-order valence-corrected chi connectivity index (χ3v) is 2.37. The van der Waals surface area contributed by atoms with Crippen LogP contribution in [-0.4, -0.2) is 50.2 Å². The van der Waals surface area contributed by atoms with E-state index in [1.807, 2.05) is 35.0 Å². The summed E-state index contributed by atoms with van der Waals surface area (Å²) in [6.45, 7) is 4.51. The molecule has 0 spiro atoms. The van der Waals surface area contributed by atoms with Gasteiger partial charge >= 0.3 is 5.97 Å². The summed E-state index contributed by atoms with van der Waals surface area (Å²) in [5.41, 5.74) is 0. The first-order valence-electron chi connectivity index (χ1n) is 6.30. The number of carboxylic acids is 1. The highest BCUT2D eigenvalue weighted by molar-refractivity contribution is 5.70. The molecule has 1 atom stereocenters. The average Bonchev–Trinajstić information content (AvgIpc) is 2.10. The van der Waals surface area contributed by atoms with E-state index >= 15 is 0 Å². The number of esters is 1. The van der Waals surface area contributed by atoms with Gasteiger partial charge in [0.1, 0.15) is 6.54 Å². The first-order chi connectivity index (χ1) is 8.10. The van der Waals surface area contributed by atoms with E-state index in [0.29, 0.717) is 23.4 Å². The number of hydrogen-bond acceptors (Lipinski definition) is 4. The Hall–Kier alpha value is -1.10. The summed E-state index contributed by atoms with van der Waals surface area (Å²) in [6.07, 6.45) is 0.220. The van der Waals surface area contributed by atoms with E-state index in [1.54, 1.807) is 0 Å². The predicted octanol–water partition coefficient (Wildman–Crippen LogP) is 0.181. The van der Waals surface area contributed by atoms with Crippen molar-refractivity contribution in [2.45, 2.75) is 39.2 Å². The lowest BCUT2D eigenvalue weighted by molar-refractivity contribution is -0.873. The van der Waals surface area contributed by atoms with Crippen molar-refractivity contribution in [2.24, 2.45) is 5.92 Å². The first kappa shape index (κ1) is 16.9. The van der Waals surface area contributed by atoms with Crippen LogP contribution in [0.15, 0.2) is 0 Å². The van der Waals surface area contributed by atoms with E-state index in [1.165, 1.54) is 0 Å². The molecular formula is C13H25NO4. The molecule has 18 heavy (non-hydrogen) atoms. The van der Waals surface area contributed by atoms with Crippen LogP contribution in [0.2, 0.25) is 0 Å². The van der Waals surface area contributed by atoms with Crippen LogP contribution in [0.25, 0.3) is 0 Å². The van der Waals surface area contributed by atoms with Crippen molar-refractivity contribution in [1.82, 2.24) is 0 Å². The van der Waals surface area contributed by atoms with E-state index < -0.39 is 12.1 Å². The Morgan fingerprint density at radius 1 is 1.22 bits per heavy atom. The Morgan fingerprint density at radius 2 is 1.78 bits per heavy atom. The monoisotopic (exact) mass is 259 g/mol. The lowest BCUT2D eigenvalue weighted by Crippen LogP contribution is -2.45. The Bertz CT molecular complexity index is 281. The molecule has 0 fully saturated rings. The quantitative estimate of drug-likeness (QED) is 0.461. The molecule has 0 amide bonds. The van der Waals surface area contributed by atoms with Crippen LogP contribution >= 0.6 is 0 Å². The van der Waals surface area contributed by atoms with Gasteiger partial charge in [0.05, 0.1) is 21.1 Å². The van der Waals surface area contributed by atoms with E-state index in [-0.39, 0.29) is 12.4 Å². The summed E-state index contributed by atoms with van der Waals surface area (Å²) in [4.78, 5) is 22.2. The van der Waals surface area contributed by atoms with Crippen molar-refractivity contribution < 1.29 is 23.9 Å². The Morgan fingerprint density at radius 3 is 2.17 bits per heavy atom. The fourth-order valence-corrected chi connectivity index (χ4v) is 1.59. The second-order valence-corrected chi connectivity index (χ2v) is 6.09. The number of ether oxygens (including phenoxy) is 1. The first-order valence-corrected chi connectivity index (χ1v) is 6.30. The number of aliphatic carboxylic acids is 1. The molecule has 0 aromatic heterocycles. The van der Waals surface area contributed by atoms with Crippen molar-refractivity contribution in [3.8, 4) is 0 Å².